The zero-order valence-corrected chi connectivity index (χ0v) is 11.1. The summed E-state index contributed by atoms with van der Waals surface area (Å²) < 4.78 is 0. The van der Waals surface area contributed by atoms with Crippen molar-refractivity contribution in [3.8, 4) is 0 Å². The molecule has 0 aliphatic carbocycles. The maximum Gasteiger partial charge on any atom is 0.0443 e. The lowest BCUT2D eigenvalue weighted by Crippen LogP contribution is -2.59. The van der Waals surface area contributed by atoms with Crippen LogP contribution in [0.5, 0.6) is 0 Å². The van der Waals surface area contributed by atoms with Gasteiger partial charge in [-0.3, -0.25) is 0 Å². The zero-order chi connectivity index (χ0) is 13.2. The van der Waals surface area contributed by atoms with Crippen molar-refractivity contribution in [3.63, 3.8) is 0 Å². The summed E-state index contributed by atoms with van der Waals surface area (Å²) >= 11 is 0. The molecule has 0 aromatic rings. The Balaban J connectivity index is 2.38. The highest BCUT2D eigenvalue weighted by Crippen LogP contribution is 2.14. The van der Waals surface area contributed by atoms with E-state index >= 15 is 0 Å². The monoisotopic (exact) mass is 261 g/mol. The molecule has 0 amide bonds. The summed E-state index contributed by atoms with van der Waals surface area (Å²) in [5.41, 5.74) is 3.31. The molecule has 108 valence electrons. The van der Waals surface area contributed by atoms with Crippen molar-refractivity contribution < 1.29 is 15.3 Å². The third kappa shape index (κ3) is 6.08. The SMILES string of the molecule is OCCCC1CN(CCCO)NN(CCCO)C1. The smallest absolute Gasteiger partial charge is 0.0443 e. The average Bonchev–Trinajstić information content (AvgIpc) is 2.40. The molecule has 0 aromatic heterocycles. The number of hydrogen-bond donors (Lipinski definition) is 4. The van der Waals surface area contributed by atoms with Gasteiger partial charge in [0.15, 0.2) is 0 Å². The van der Waals surface area contributed by atoms with Crippen molar-refractivity contribution in [2.45, 2.75) is 25.7 Å². The fourth-order valence-electron chi connectivity index (χ4n) is 2.33. The first-order valence-electron chi connectivity index (χ1n) is 6.89. The number of rotatable bonds is 9. The zero-order valence-electron chi connectivity index (χ0n) is 11.1. The molecule has 6 nitrogen and oxygen atoms in total. The van der Waals surface area contributed by atoms with E-state index in [1.807, 2.05) is 0 Å². The van der Waals surface area contributed by atoms with E-state index in [0.29, 0.717) is 5.92 Å². The maximum absolute atomic E-state index is 8.90. The predicted molar refractivity (Wildman–Crippen MR) is 69.5 cm³/mol. The normalized spacial score (nSPS) is 19.5. The molecule has 1 heterocycles. The maximum atomic E-state index is 8.90. The molecule has 0 spiro atoms. The van der Waals surface area contributed by atoms with Gasteiger partial charge in [0, 0.05) is 46.0 Å². The number of hydrazine groups is 2. The van der Waals surface area contributed by atoms with E-state index in [0.717, 1.165) is 51.9 Å². The Morgan fingerprint density at radius 1 is 0.833 bits per heavy atom. The minimum absolute atomic E-state index is 0.204. The van der Waals surface area contributed by atoms with E-state index in [1.165, 1.54) is 0 Å². The highest BCUT2D eigenvalue weighted by atomic mass is 16.3. The molecular formula is C12H27N3O3. The van der Waals surface area contributed by atoms with Crippen molar-refractivity contribution in [1.29, 1.82) is 0 Å². The second-order valence-electron chi connectivity index (χ2n) is 4.88. The summed E-state index contributed by atoms with van der Waals surface area (Å²) in [6.45, 7) is 4.21. The number of aliphatic hydroxyl groups is 3. The van der Waals surface area contributed by atoms with Gasteiger partial charge in [-0.25, -0.2) is 10.0 Å². The van der Waals surface area contributed by atoms with Crippen LogP contribution in [-0.4, -0.2) is 71.3 Å². The summed E-state index contributed by atoms with van der Waals surface area (Å²) in [6.07, 6.45) is 3.37. The van der Waals surface area contributed by atoms with E-state index in [2.05, 4.69) is 15.6 Å². The van der Waals surface area contributed by atoms with Crippen LogP contribution in [0.3, 0.4) is 0 Å². The first-order valence-corrected chi connectivity index (χ1v) is 6.89. The largest absolute Gasteiger partial charge is 0.396 e. The molecule has 1 saturated heterocycles. The number of hydrogen-bond acceptors (Lipinski definition) is 6. The molecule has 0 unspecified atom stereocenters. The van der Waals surface area contributed by atoms with Crippen LogP contribution in [0.2, 0.25) is 0 Å². The Morgan fingerprint density at radius 3 is 1.78 bits per heavy atom. The van der Waals surface area contributed by atoms with Gasteiger partial charge < -0.3 is 15.3 Å². The van der Waals surface area contributed by atoms with Crippen LogP contribution in [-0.2, 0) is 0 Å². The lowest BCUT2D eigenvalue weighted by atomic mass is 10.0. The van der Waals surface area contributed by atoms with Crippen LogP contribution >= 0.6 is 0 Å². The van der Waals surface area contributed by atoms with Crippen molar-refractivity contribution >= 4 is 0 Å². The van der Waals surface area contributed by atoms with Crippen LogP contribution in [0.15, 0.2) is 0 Å². The van der Waals surface area contributed by atoms with Crippen LogP contribution < -0.4 is 5.53 Å². The Labute approximate surface area is 109 Å². The van der Waals surface area contributed by atoms with Crippen molar-refractivity contribution in [2.24, 2.45) is 5.92 Å². The molecule has 1 rings (SSSR count). The second kappa shape index (κ2) is 9.66. The summed E-state index contributed by atoms with van der Waals surface area (Å²) in [5, 5.41) is 30.9. The fraction of sp³-hybridized carbons (Fsp3) is 1.00. The molecular weight excluding hydrogens is 234 g/mol. The van der Waals surface area contributed by atoms with Crippen molar-refractivity contribution in [2.75, 3.05) is 46.0 Å². The average molecular weight is 261 g/mol. The Kier molecular flexibility index (Phi) is 8.49. The van der Waals surface area contributed by atoms with Gasteiger partial charge in [-0.1, -0.05) is 0 Å². The molecule has 6 heteroatoms. The molecule has 0 aromatic carbocycles. The highest BCUT2D eigenvalue weighted by Gasteiger charge is 2.24. The molecule has 1 aliphatic rings. The molecule has 18 heavy (non-hydrogen) atoms. The van der Waals surface area contributed by atoms with Crippen LogP contribution in [0, 0.1) is 5.92 Å². The van der Waals surface area contributed by atoms with Crippen LogP contribution in [0.25, 0.3) is 0 Å². The summed E-state index contributed by atoms with van der Waals surface area (Å²) in [4.78, 5) is 0. The lowest BCUT2D eigenvalue weighted by Gasteiger charge is -2.41. The van der Waals surface area contributed by atoms with Gasteiger partial charge in [0.1, 0.15) is 0 Å². The number of nitrogens with one attached hydrogen (secondary N) is 1. The van der Waals surface area contributed by atoms with E-state index in [-0.39, 0.29) is 19.8 Å². The Morgan fingerprint density at radius 2 is 1.33 bits per heavy atom. The van der Waals surface area contributed by atoms with E-state index < -0.39 is 0 Å². The third-order valence-electron chi connectivity index (χ3n) is 3.18. The first-order chi connectivity index (χ1) is 8.80. The van der Waals surface area contributed by atoms with E-state index in [1.54, 1.807) is 0 Å². The number of nitrogens with zero attached hydrogens (tertiary/aromatic N) is 2. The Bertz CT molecular complexity index is 168. The highest BCUT2D eigenvalue weighted by molar-refractivity contribution is 4.72. The summed E-state index contributed by atoms with van der Waals surface area (Å²) in [6, 6.07) is 0. The van der Waals surface area contributed by atoms with Gasteiger partial charge in [0.05, 0.1) is 0 Å². The van der Waals surface area contributed by atoms with Gasteiger partial charge in [0.2, 0.25) is 0 Å². The molecule has 0 saturated carbocycles. The molecule has 1 fully saturated rings. The standard InChI is InChI=1S/C12H27N3O3/c16-7-1-4-12-10-14(5-2-8-17)13-15(11-12)6-3-9-18/h12-13,16-18H,1-11H2. The van der Waals surface area contributed by atoms with Gasteiger partial charge in [-0.2, -0.15) is 5.53 Å². The molecule has 0 bridgehead atoms. The quantitative estimate of drug-likeness (QED) is 0.434. The minimum atomic E-state index is 0.204. The lowest BCUT2D eigenvalue weighted by molar-refractivity contribution is -0.0502. The van der Waals surface area contributed by atoms with Gasteiger partial charge in [-0.15, -0.1) is 0 Å². The topological polar surface area (TPSA) is 79.2 Å². The van der Waals surface area contributed by atoms with Gasteiger partial charge in [-0.05, 0) is 31.6 Å². The van der Waals surface area contributed by atoms with Crippen LogP contribution in [0.1, 0.15) is 25.7 Å². The fourth-order valence-corrected chi connectivity index (χ4v) is 2.33. The molecule has 1 aliphatic heterocycles. The van der Waals surface area contributed by atoms with Gasteiger partial charge >= 0.3 is 0 Å². The Hall–Kier alpha value is -0.240. The minimum Gasteiger partial charge on any atom is -0.396 e. The third-order valence-corrected chi connectivity index (χ3v) is 3.18. The predicted octanol–water partition coefficient (Wildman–Crippen LogP) is -0.823. The van der Waals surface area contributed by atoms with E-state index in [4.69, 9.17) is 15.3 Å². The van der Waals surface area contributed by atoms with Gasteiger partial charge in [0.25, 0.3) is 0 Å². The number of aliphatic hydroxyl groups excluding tert-OH is 3. The molecule has 4 N–H and O–H groups in total. The molecule has 0 radical (unpaired) electrons. The van der Waals surface area contributed by atoms with Crippen molar-refractivity contribution in [1.82, 2.24) is 15.6 Å². The summed E-state index contributed by atoms with van der Waals surface area (Å²) in [7, 11) is 0. The first kappa shape index (κ1) is 15.8. The molecule has 0 atom stereocenters. The van der Waals surface area contributed by atoms with E-state index in [9.17, 15) is 0 Å². The van der Waals surface area contributed by atoms with Crippen molar-refractivity contribution in [3.05, 3.63) is 0 Å². The van der Waals surface area contributed by atoms with Crippen LogP contribution in [0.4, 0.5) is 0 Å². The summed E-state index contributed by atoms with van der Waals surface area (Å²) in [5.74, 6) is 0.538. The second-order valence-corrected chi connectivity index (χ2v) is 4.88.